The highest BCUT2D eigenvalue weighted by atomic mass is 16.5. The number of carbonyl (C=O) groups is 2. The third-order valence-electron chi connectivity index (χ3n) is 5.22. The molecular formula is C19H26N2O4. The molecular weight excluding hydrogens is 320 g/mol. The second-order valence-corrected chi connectivity index (χ2v) is 6.67. The van der Waals surface area contributed by atoms with Crippen molar-refractivity contribution in [1.29, 1.82) is 0 Å². The Kier molecular flexibility index (Phi) is 5.46. The second-order valence-electron chi connectivity index (χ2n) is 6.67. The molecule has 0 spiro atoms. The third-order valence-corrected chi connectivity index (χ3v) is 5.22. The van der Waals surface area contributed by atoms with E-state index in [1.807, 2.05) is 4.90 Å². The van der Waals surface area contributed by atoms with Gasteiger partial charge in [0.25, 0.3) is 5.91 Å². The Labute approximate surface area is 148 Å². The van der Waals surface area contributed by atoms with Gasteiger partial charge in [0.05, 0.1) is 19.8 Å². The van der Waals surface area contributed by atoms with Crippen LogP contribution in [-0.4, -0.2) is 62.0 Å². The van der Waals surface area contributed by atoms with Crippen LogP contribution in [0.4, 0.5) is 0 Å². The number of piperazine rings is 1. The van der Waals surface area contributed by atoms with Crippen LogP contribution in [0.1, 0.15) is 36.0 Å². The quantitative estimate of drug-likeness (QED) is 0.838. The zero-order chi connectivity index (χ0) is 17.8. The first-order chi connectivity index (χ1) is 12.1. The summed E-state index contributed by atoms with van der Waals surface area (Å²) in [6.07, 6.45) is 4.34. The number of benzene rings is 1. The maximum absolute atomic E-state index is 12.9. The fourth-order valence-electron chi connectivity index (χ4n) is 3.71. The molecule has 6 heteroatoms. The first-order valence-corrected chi connectivity index (χ1v) is 8.94. The van der Waals surface area contributed by atoms with Gasteiger partial charge < -0.3 is 19.3 Å². The van der Waals surface area contributed by atoms with Crippen LogP contribution in [0.15, 0.2) is 18.2 Å². The zero-order valence-electron chi connectivity index (χ0n) is 15.0. The van der Waals surface area contributed by atoms with Crippen molar-refractivity contribution in [1.82, 2.24) is 9.80 Å². The Morgan fingerprint density at radius 2 is 1.60 bits per heavy atom. The minimum atomic E-state index is -0.0799. The van der Waals surface area contributed by atoms with Crippen LogP contribution in [0.5, 0.6) is 11.5 Å². The van der Waals surface area contributed by atoms with Crippen LogP contribution >= 0.6 is 0 Å². The number of methoxy groups -OCH3 is 2. The highest BCUT2D eigenvalue weighted by Gasteiger charge is 2.31. The molecule has 0 atom stereocenters. The van der Waals surface area contributed by atoms with Gasteiger partial charge in [-0.1, -0.05) is 12.8 Å². The molecule has 0 unspecified atom stereocenters. The summed E-state index contributed by atoms with van der Waals surface area (Å²) >= 11 is 0. The summed E-state index contributed by atoms with van der Waals surface area (Å²) < 4.78 is 10.5. The topological polar surface area (TPSA) is 59.1 Å². The van der Waals surface area contributed by atoms with Gasteiger partial charge in [-0.25, -0.2) is 0 Å². The normalized spacial score (nSPS) is 18.3. The summed E-state index contributed by atoms with van der Waals surface area (Å²) in [5, 5.41) is 0. The molecule has 1 aliphatic carbocycles. The Hall–Kier alpha value is -2.24. The monoisotopic (exact) mass is 346 g/mol. The highest BCUT2D eigenvalue weighted by Crippen LogP contribution is 2.28. The third kappa shape index (κ3) is 3.72. The van der Waals surface area contributed by atoms with Crippen molar-refractivity contribution >= 4 is 11.8 Å². The second kappa shape index (κ2) is 7.76. The lowest BCUT2D eigenvalue weighted by molar-refractivity contribution is -0.136. The van der Waals surface area contributed by atoms with Crippen LogP contribution in [0.25, 0.3) is 0 Å². The number of hydrogen-bond donors (Lipinski definition) is 0. The molecule has 3 rings (SSSR count). The molecule has 0 bridgehead atoms. The van der Waals surface area contributed by atoms with E-state index >= 15 is 0 Å². The lowest BCUT2D eigenvalue weighted by Gasteiger charge is -2.36. The van der Waals surface area contributed by atoms with Gasteiger partial charge in [0, 0.05) is 32.1 Å². The smallest absolute Gasteiger partial charge is 0.257 e. The van der Waals surface area contributed by atoms with Gasteiger partial charge in [-0.2, -0.15) is 0 Å². The van der Waals surface area contributed by atoms with E-state index in [-0.39, 0.29) is 17.7 Å². The minimum absolute atomic E-state index is 0.0799. The maximum Gasteiger partial charge on any atom is 0.257 e. The minimum Gasteiger partial charge on any atom is -0.497 e. The summed E-state index contributed by atoms with van der Waals surface area (Å²) in [4.78, 5) is 29.1. The van der Waals surface area contributed by atoms with Crippen molar-refractivity contribution in [3.05, 3.63) is 23.8 Å². The molecule has 2 fully saturated rings. The van der Waals surface area contributed by atoms with Gasteiger partial charge >= 0.3 is 0 Å². The molecule has 0 N–H and O–H groups in total. The fraction of sp³-hybridized carbons (Fsp3) is 0.579. The van der Waals surface area contributed by atoms with Crippen molar-refractivity contribution in [2.75, 3.05) is 40.4 Å². The Morgan fingerprint density at radius 1 is 0.960 bits per heavy atom. The van der Waals surface area contributed by atoms with Crippen LogP contribution in [0.2, 0.25) is 0 Å². The molecule has 1 aromatic rings. The predicted molar refractivity (Wildman–Crippen MR) is 94.0 cm³/mol. The molecule has 1 saturated carbocycles. The molecule has 1 heterocycles. The average molecular weight is 346 g/mol. The molecule has 136 valence electrons. The van der Waals surface area contributed by atoms with E-state index in [9.17, 15) is 9.59 Å². The summed E-state index contributed by atoms with van der Waals surface area (Å²) in [5.74, 6) is 1.54. The summed E-state index contributed by atoms with van der Waals surface area (Å²) in [5.41, 5.74) is 0.498. The Balaban J connectivity index is 1.64. The van der Waals surface area contributed by atoms with Gasteiger partial charge in [-0.3, -0.25) is 9.59 Å². The van der Waals surface area contributed by atoms with E-state index in [0.29, 0.717) is 43.2 Å². The van der Waals surface area contributed by atoms with Gasteiger partial charge in [-0.05, 0) is 31.0 Å². The molecule has 0 aromatic heterocycles. The molecule has 1 saturated heterocycles. The molecule has 6 nitrogen and oxygen atoms in total. The van der Waals surface area contributed by atoms with E-state index in [1.165, 1.54) is 0 Å². The van der Waals surface area contributed by atoms with Gasteiger partial charge in [-0.15, -0.1) is 0 Å². The van der Waals surface area contributed by atoms with Crippen molar-refractivity contribution in [2.24, 2.45) is 5.92 Å². The van der Waals surface area contributed by atoms with Gasteiger partial charge in [0.15, 0.2) is 0 Å². The lowest BCUT2D eigenvalue weighted by atomic mass is 10.1. The highest BCUT2D eigenvalue weighted by molar-refractivity contribution is 5.97. The number of nitrogens with zero attached hydrogens (tertiary/aromatic N) is 2. The largest absolute Gasteiger partial charge is 0.497 e. The van der Waals surface area contributed by atoms with Crippen LogP contribution in [0.3, 0.4) is 0 Å². The number of rotatable bonds is 4. The first-order valence-electron chi connectivity index (χ1n) is 8.94. The number of hydrogen-bond acceptors (Lipinski definition) is 4. The Bertz CT molecular complexity index is 632. The van der Waals surface area contributed by atoms with Crippen LogP contribution in [0, 0.1) is 5.92 Å². The summed E-state index contributed by atoms with van der Waals surface area (Å²) in [6.45, 7) is 2.32. The SMILES string of the molecule is COc1ccc(OC)c(C(=O)N2CCN(C(=O)C3CCCC3)CC2)c1. The predicted octanol–water partition coefficient (Wildman–Crippen LogP) is 2.18. The fourth-order valence-corrected chi connectivity index (χ4v) is 3.71. The van der Waals surface area contributed by atoms with E-state index in [4.69, 9.17) is 9.47 Å². The van der Waals surface area contributed by atoms with E-state index < -0.39 is 0 Å². The molecule has 2 aliphatic rings. The first kappa shape index (κ1) is 17.6. The summed E-state index contributed by atoms with van der Waals surface area (Å²) in [6, 6.07) is 5.22. The van der Waals surface area contributed by atoms with E-state index in [1.54, 1.807) is 37.3 Å². The molecule has 2 amide bonds. The van der Waals surface area contributed by atoms with E-state index in [2.05, 4.69) is 0 Å². The lowest BCUT2D eigenvalue weighted by Crippen LogP contribution is -2.51. The van der Waals surface area contributed by atoms with Crippen molar-refractivity contribution in [3.63, 3.8) is 0 Å². The summed E-state index contributed by atoms with van der Waals surface area (Å²) in [7, 11) is 3.13. The van der Waals surface area contributed by atoms with Crippen molar-refractivity contribution < 1.29 is 19.1 Å². The molecule has 1 aliphatic heterocycles. The molecule has 0 radical (unpaired) electrons. The molecule has 1 aromatic carbocycles. The van der Waals surface area contributed by atoms with Crippen molar-refractivity contribution in [2.45, 2.75) is 25.7 Å². The van der Waals surface area contributed by atoms with Crippen LogP contribution in [-0.2, 0) is 4.79 Å². The molecule has 25 heavy (non-hydrogen) atoms. The van der Waals surface area contributed by atoms with Gasteiger partial charge in [0.1, 0.15) is 11.5 Å². The number of amides is 2. The number of ether oxygens (including phenoxy) is 2. The van der Waals surface area contributed by atoms with Gasteiger partial charge in [0.2, 0.25) is 5.91 Å². The zero-order valence-corrected chi connectivity index (χ0v) is 15.0. The van der Waals surface area contributed by atoms with Crippen molar-refractivity contribution in [3.8, 4) is 11.5 Å². The standard InChI is InChI=1S/C19H26N2O4/c1-24-15-7-8-17(25-2)16(13-15)19(23)21-11-9-20(10-12-21)18(22)14-5-3-4-6-14/h7-8,13-14H,3-6,9-12H2,1-2H3. The van der Waals surface area contributed by atoms with E-state index in [0.717, 1.165) is 25.7 Å². The Morgan fingerprint density at radius 3 is 2.20 bits per heavy atom. The van der Waals surface area contributed by atoms with Crippen LogP contribution < -0.4 is 9.47 Å². The maximum atomic E-state index is 12.9. The average Bonchev–Trinajstić information content (AvgIpc) is 3.21. The number of carbonyl (C=O) groups excluding carboxylic acids is 2.